The molecule has 0 fully saturated rings. The van der Waals surface area contributed by atoms with Gasteiger partial charge in [-0.05, 0) is 37.9 Å². The minimum Gasteiger partial charge on any atom is -0.504 e. The van der Waals surface area contributed by atoms with E-state index < -0.39 is 0 Å². The highest BCUT2D eigenvalue weighted by atomic mass is 16.5. The SMILES string of the molecule is COc1ccc(C)c(CCCN)c1O. The predicted molar refractivity (Wildman–Crippen MR) is 56.8 cm³/mol. The zero-order chi connectivity index (χ0) is 10.6. The van der Waals surface area contributed by atoms with Crippen LogP contribution in [0.3, 0.4) is 0 Å². The Bertz CT molecular complexity index is 310. The first-order valence-corrected chi connectivity index (χ1v) is 4.76. The Morgan fingerprint density at radius 1 is 1.43 bits per heavy atom. The van der Waals surface area contributed by atoms with E-state index in [2.05, 4.69) is 0 Å². The Kier molecular flexibility index (Phi) is 3.77. The van der Waals surface area contributed by atoms with Crippen molar-refractivity contribution in [2.24, 2.45) is 5.73 Å². The molecule has 3 nitrogen and oxygen atoms in total. The molecule has 0 unspecified atom stereocenters. The van der Waals surface area contributed by atoms with Gasteiger partial charge >= 0.3 is 0 Å². The summed E-state index contributed by atoms with van der Waals surface area (Å²) in [5, 5.41) is 9.83. The molecule has 0 radical (unpaired) electrons. The number of aryl methyl sites for hydroxylation is 1. The number of phenolic OH excluding ortho intramolecular Hbond substituents is 1. The van der Waals surface area contributed by atoms with Gasteiger partial charge in [-0.2, -0.15) is 0 Å². The van der Waals surface area contributed by atoms with Crippen LogP contribution in [0, 0.1) is 6.92 Å². The summed E-state index contributed by atoms with van der Waals surface area (Å²) < 4.78 is 5.04. The number of phenols is 1. The normalized spacial score (nSPS) is 10.2. The second-order valence-electron chi connectivity index (χ2n) is 3.30. The summed E-state index contributed by atoms with van der Waals surface area (Å²) in [6.45, 7) is 2.61. The molecule has 0 atom stereocenters. The summed E-state index contributed by atoms with van der Waals surface area (Å²) in [7, 11) is 1.55. The Balaban J connectivity index is 2.99. The fourth-order valence-corrected chi connectivity index (χ4v) is 1.47. The third-order valence-electron chi connectivity index (χ3n) is 2.33. The van der Waals surface area contributed by atoms with E-state index in [0.717, 1.165) is 24.0 Å². The van der Waals surface area contributed by atoms with Gasteiger partial charge in [0.25, 0.3) is 0 Å². The van der Waals surface area contributed by atoms with Crippen LogP contribution in [0.5, 0.6) is 11.5 Å². The van der Waals surface area contributed by atoms with Crippen molar-refractivity contribution in [1.29, 1.82) is 0 Å². The highest BCUT2D eigenvalue weighted by Gasteiger charge is 2.09. The molecule has 0 saturated carbocycles. The van der Waals surface area contributed by atoms with E-state index in [9.17, 15) is 5.11 Å². The smallest absolute Gasteiger partial charge is 0.161 e. The van der Waals surface area contributed by atoms with E-state index in [0.29, 0.717) is 12.3 Å². The molecule has 0 spiro atoms. The number of aromatic hydroxyl groups is 1. The van der Waals surface area contributed by atoms with Gasteiger partial charge in [0, 0.05) is 5.56 Å². The molecule has 0 aromatic heterocycles. The third-order valence-corrected chi connectivity index (χ3v) is 2.33. The van der Waals surface area contributed by atoms with Crippen LogP contribution in [0.4, 0.5) is 0 Å². The van der Waals surface area contributed by atoms with Crippen LogP contribution >= 0.6 is 0 Å². The summed E-state index contributed by atoms with van der Waals surface area (Å²) in [6.07, 6.45) is 1.67. The van der Waals surface area contributed by atoms with Crippen LogP contribution in [0.1, 0.15) is 17.5 Å². The van der Waals surface area contributed by atoms with Gasteiger partial charge in [0.05, 0.1) is 7.11 Å². The maximum atomic E-state index is 9.83. The standard InChI is InChI=1S/C11H17NO2/c1-8-5-6-10(14-2)11(13)9(8)4-3-7-12/h5-6,13H,3-4,7,12H2,1-2H3. The molecule has 0 aliphatic heterocycles. The Labute approximate surface area is 84.5 Å². The Morgan fingerprint density at radius 2 is 2.14 bits per heavy atom. The number of methoxy groups -OCH3 is 1. The van der Waals surface area contributed by atoms with E-state index >= 15 is 0 Å². The van der Waals surface area contributed by atoms with Gasteiger partial charge in [-0.25, -0.2) is 0 Å². The highest BCUT2D eigenvalue weighted by Crippen LogP contribution is 2.32. The molecule has 1 aromatic rings. The van der Waals surface area contributed by atoms with Crippen molar-refractivity contribution < 1.29 is 9.84 Å². The van der Waals surface area contributed by atoms with Crippen molar-refractivity contribution in [3.63, 3.8) is 0 Å². The number of hydrogen-bond acceptors (Lipinski definition) is 3. The zero-order valence-electron chi connectivity index (χ0n) is 8.71. The fourth-order valence-electron chi connectivity index (χ4n) is 1.47. The molecule has 3 N–H and O–H groups in total. The first kappa shape index (κ1) is 10.9. The van der Waals surface area contributed by atoms with Crippen LogP contribution < -0.4 is 10.5 Å². The predicted octanol–water partition coefficient (Wildman–Crippen LogP) is 1.60. The topological polar surface area (TPSA) is 55.5 Å². The number of benzene rings is 1. The molecule has 1 aromatic carbocycles. The molecule has 14 heavy (non-hydrogen) atoms. The number of rotatable bonds is 4. The van der Waals surface area contributed by atoms with Gasteiger partial charge in [-0.3, -0.25) is 0 Å². The lowest BCUT2D eigenvalue weighted by Crippen LogP contribution is -2.02. The van der Waals surface area contributed by atoms with Crippen molar-refractivity contribution in [1.82, 2.24) is 0 Å². The molecule has 0 heterocycles. The van der Waals surface area contributed by atoms with Crippen molar-refractivity contribution in [2.45, 2.75) is 19.8 Å². The average molecular weight is 195 g/mol. The van der Waals surface area contributed by atoms with E-state index in [1.165, 1.54) is 0 Å². The van der Waals surface area contributed by atoms with Gasteiger partial charge < -0.3 is 15.6 Å². The van der Waals surface area contributed by atoms with Gasteiger partial charge in [-0.15, -0.1) is 0 Å². The summed E-state index contributed by atoms with van der Waals surface area (Å²) in [4.78, 5) is 0. The molecule has 3 heteroatoms. The van der Waals surface area contributed by atoms with Crippen LogP contribution in [0.15, 0.2) is 12.1 Å². The van der Waals surface area contributed by atoms with E-state index in [1.807, 2.05) is 13.0 Å². The molecular formula is C11H17NO2. The lowest BCUT2D eigenvalue weighted by molar-refractivity contribution is 0.370. The molecular weight excluding hydrogens is 178 g/mol. The van der Waals surface area contributed by atoms with Crippen LogP contribution in [-0.2, 0) is 6.42 Å². The molecule has 1 rings (SSSR count). The molecule has 0 saturated heterocycles. The van der Waals surface area contributed by atoms with Crippen molar-refractivity contribution in [3.8, 4) is 11.5 Å². The summed E-state index contributed by atoms with van der Waals surface area (Å²) in [5.41, 5.74) is 7.45. The first-order valence-electron chi connectivity index (χ1n) is 4.76. The Morgan fingerprint density at radius 3 is 2.71 bits per heavy atom. The number of ether oxygens (including phenoxy) is 1. The number of nitrogens with two attached hydrogens (primary N) is 1. The molecule has 78 valence electrons. The fraction of sp³-hybridized carbons (Fsp3) is 0.455. The van der Waals surface area contributed by atoms with Crippen molar-refractivity contribution >= 4 is 0 Å². The van der Waals surface area contributed by atoms with Gasteiger partial charge in [0.1, 0.15) is 0 Å². The van der Waals surface area contributed by atoms with Gasteiger partial charge in [0.15, 0.2) is 11.5 Å². The van der Waals surface area contributed by atoms with Gasteiger partial charge in [-0.1, -0.05) is 6.07 Å². The highest BCUT2D eigenvalue weighted by molar-refractivity contribution is 5.49. The summed E-state index contributed by atoms with van der Waals surface area (Å²) >= 11 is 0. The summed E-state index contributed by atoms with van der Waals surface area (Å²) in [5.74, 6) is 0.781. The third kappa shape index (κ3) is 2.17. The monoisotopic (exact) mass is 195 g/mol. The van der Waals surface area contributed by atoms with Crippen molar-refractivity contribution in [3.05, 3.63) is 23.3 Å². The molecule has 0 amide bonds. The molecule has 0 aliphatic carbocycles. The van der Waals surface area contributed by atoms with Gasteiger partial charge in [0.2, 0.25) is 0 Å². The minimum absolute atomic E-state index is 0.251. The Hall–Kier alpha value is -1.22. The van der Waals surface area contributed by atoms with Crippen LogP contribution in [0.2, 0.25) is 0 Å². The zero-order valence-corrected chi connectivity index (χ0v) is 8.71. The van der Waals surface area contributed by atoms with E-state index in [1.54, 1.807) is 13.2 Å². The van der Waals surface area contributed by atoms with Crippen LogP contribution in [0.25, 0.3) is 0 Å². The second-order valence-corrected chi connectivity index (χ2v) is 3.30. The minimum atomic E-state index is 0.251. The molecule has 0 aliphatic rings. The van der Waals surface area contributed by atoms with E-state index in [4.69, 9.17) is 10.5 Å². The van der Waals surface area contributed by atoms with Crippen molar-refractivity contribution in [2.75, 3.05) is 13.7 Å². The number of hydrogen-bond donors (Lipinski definition) is 2. The maximum Gasteiger partial charge on any atom is 0.161 e. The summed E-state index contributed by atoms with van der Waals surface area (Å²) in [6, 6.07) is 3.72. The first-order chi connectivity index (χ1) is 6.70. The largest absolute Gasteiger partial charge is 0.504 e. The van der Waals surface area contributed by atoms with E-state index in [-0.39, 0.29) is 5.75 Å². The lowest BCUT2D eigenvalue weighted by atomic mass is 10.0. The maximum absolute atomic E-state index is 9.83. The lowest BCUT2D eigenvalue weighted by Gasteiger charge is -2.11. The second kappa shape index (κ2) is 4.86. The van der Waals surface area contributed by atoms with Crippen LogP contribution in [-0.4, -0.2) is 18.8 Å². The quantitative estimate of drug-likeness (QED) is 0.767. The molecule has 0 bridgehead atoms. The average Bonchev–Trinajstić information content (AvgIpc) is 2.18.